The van der Waals surface area contributed by atoms with Gasteiger partial charge in [-0.05, 0) is 24.2 Å². The summed E-state index contributed by atoms with van der Waals surface area (Å²) >= 11 is 1.64. The van der Waals surface area contributed by atoms with Crippen molar-refractivity contribution < 1.29 is 9.90 Å². The SMILES string of the molecule is CC(C)(C)C1CCN(c2nc(CCC(=O)O)cs2)CC1. The van der Waals surface area contributed by atoms with Gasteiger partial charge in [-0.25, -0.2) is 4.98 Å². The van der Waals surface area contributed by atoms with Crippen LogP contribution in [0, 0.1) is 11.3 Å². The number of carboxylic acid groups (broad SMARTS) is 1. The van der Waals surface area contributed by atoms with E-state index >= 15 is 0 Å². The normalized spacial score (nSPS) is 17.4. The lowest BCUT2D eigenvalue weighted by Gasteiger charge is -2.38. The van der Waals surface area contributed by atoms with Crippen LogP contribution in [0.25, 0.3) is 0 Å². The Hall–Kier alpha value is -1.10. The molecule has 0 unspecified atom stereocenters. The fraction of sp³-hybridized carbons (Fsp3) is 0.733. The smallest absolute Gasteiger partial charge is 0.303 e. The minimum absolute atomic E-state index is 0.162. The highest BCUT2D eigenvalue weighted by molar-refractivity contribution is 7.13. The first kappa shape index (κ1) is 15.3. The summed E-state index contributed by atoms with van der Waals surface area (Å²) in [5.74, 6) is 0.0238. The number of aliphatic carboxylic acids is 1. The van der Waals surface area contributed by atoms with E-state index in [2.05, 4.69) is 30.7 Å². The Morgan fingerprint density at radius 3 is 2.65 bits per heavy atom. The first-order chi connectivity index (χ1) is 9.36. The molecule has 112 valence electrons. The van der Waals surface area contributed by atoms with Gasteiger partial charge in [-0.15, -0.1) is 11.3 Å². The van der Waals surface area contributed by atoms with Crippen molar-refractivity contribution in [3.05, 3.63) is 11.1 Å². The number of hydrogen-bond donors (Lipinski definition) is 1. The van der Waals surface area contributed by atoms with E-state index in [1.54, 1.807) is 11.3 Å². The standard InChI is InChI=1S/C15H24N2O2S/c1-15(2,3)11-6-8-17(9-7-11)14-16-12(10-20-14)4-5-13(18)19/h10-11H,4-9H2,1-3H3,(H,18,19). The van der Waals surface area contributed by atoms with Gasteiger partial charge in [-0.2, -0.15) is 0 Å². The average Bonchev–Trinajstić information content (AvgIpc) is 2.84. The fourth-order valence-electron chi connectivity index (χ4n) is 2.73. The molecule has 1 fully saturated rings. The van der Waals surface area contributed by atoms with Gasteiger partial charge in [0.2, 0.25) is 0 Å². The number of piperidine rings is 1. The van der Waals surface area contributed by atoms with E-state index < -0.39 is 5.97 Å². The Morgan fingerprint density at radius 1 is 1.45 bits per heavy atom. The summed E-state index contributed by atoms with van der Waals surface area (Å²) in [5, 5.41) is 11.7. The van der Waals surface area contributed by atoms with Crippen molar-refractivity contribution in [2.24, 2.45) is 11.3 Å². The van der Waals surface area contributed by atoms with Gasteiger partial charge in [0.05, 0.1) is 12.1 Å². The lowest BCUT2D eigenvalue weighted by Crippen LogP contribution is -2.38. The monoisotopic (exact) mass is 296 g/mol. The molecule has 1 aliphatic heterocycles. The summed E-state index contributed by atoms with van der Waals surface area (Å²) in [4.78, 5) is 17.5. The van der Waals surface area contributed by atoms with Crippen LogP contribution in [0.2, 0.25) is 0 Å². The number of carbonyl (C=O) groups is 1. The summed E-state index contributed by atoms with van der Waals surface area (Å²) in [6.45, 7) is 9.09. The van der Waals surface area contributed by atoms with Crippen molar-refractivity contribution in [3.8, 4) is 0 Å². The van der Waals surface area contributed by atoms with Crippen LogP contribution in [0.3, 0.4) is 0 Å². The molecule has 1 aromatic rings. The number of anilines is 1. The molecule has 0 atom stereocenters. The van der Waals surface area contributed by atoms with E-state index in [1.807, 2.05) is 5.38 Å². The second-order valence-electron chi connectivity index (χ2n) is 6.64. The molecule has 5 heteroatoms. The Balaban J connectivity index is 1.89. The maximum Gasteiger partial charge on any atom is 0.303 e. The van der Waals surface area contributed by atoms with Crippen molar-refractivity contribution >= 4 is 22.4 Å². The molecule has 0 amide bonds. The molecule has 0 aliphatic carbocycles. The van der Waals surface area contributed by atoms with E-state index in [0.717, 1.165) is 29.8 Å². The van der Waals surface area contributed by atoms with E-state index in [0.29, 0.717) is 11.8 Å². The Morgan fingerprint density at radius 2 is 2.10 bits per heavy atom. The number of carboxylic acids is 1. The average molecular weight is 296 g/mol. The maximum absolute atomic E-state index is 10.6. The summed E-state index contributed by atoms with van der Waals surface area (Å²) < 4.78 is 0. The van der Waals surface area contributed by atoms with Crippen molar-refractivity contribution in [2.45, 2.75) is 46.5 Å². The zero-order chi connectivity index (χ0) is 14.8. The molecule has 20 heavy (non-hydrogen) atoms. The van der Waals surface area contributed by atoms with Crippen LogP contribution < -0.4 is 4.90 Å². The van der Waals surface area contributed by atoms with Gasteiger partial charge in [0, 0.05) is 24.9 Å². The molecule has 0 spiro atoms. The van der Waals surface area contributed by atoms with Crippen LogP contribution in [-0.2, 0) is 11.2 Å². The van der Waals surface area contributed by atoms with Gasteiger partial charge in [-0.1, -0.05) is 20.8 Å². The van der Waals surface area contributed by atoms with Crippen LogP contribution in [0.1, 0.15) is 45.7 Å². The lowest BCUT2D eigenvalue weighted by atomic mass is 9.75. The van der Waals surface area contributed by atoms with Crippen LogP contribution in [0.4, 0.5) is 5.13 Å². The Kier molecular flexibility index (Phi) is 4.68. The highest BCUT2D eigenvalue weighted by Gasteiger charge is 2.29. The van der Waals surface area contributed by atoms with E-state index in [9.17, 15) is 4.79 Å². The minimum atomic E-state index is -0.759. The zero-order valence-corrected chi connectivity index (χ0v) is 13.4. The van der Waals surface area contributed by atoms with Crippen LogP contribution in [0.15, 0.2) is 5.38 Å². The first-order valence-corrected chi connectivity index (χ1v) is 8.15. The highest BCUT2D eigenvalue weighted by Crippen LogP contribution is 2.36. The van der Waals surface area contributed by atoms with Gasteiger partial charge in [-0.3, -0.25) is 4.79 Å². The summed E-state index contributed by atoms with van der Waals surface area (Å²) in [5.41, 5.74) is 1.30. The van der Waals surface area contributed by atoms with Gasteiger partial charge < -0.3 is 10.0 Å². The van der Waals surface area contributed by atoms with Crippen LogP contribution in [0.5, 0.6) is 0 Å². The number of nitrogens with zero attached hydrogens (tertiary/aromatic N) is 2. The minimum Gasteiger partial charge on any atom is -0.481 e. The molecule has 4 nitrogen and oxygen atoms in total. The maximum atomic E-state index is 10.6. The molecule has 0 bridgehead atoms. The third kappa shape index (κ3) is 3.95. The van der Waals surface area contributed by atoms with Gasteiger partial charge in [0.1, 0.15) is 0 Å². The van der Waals surface area contributed by atoms with Crippen molar-refractivity contribution in [3.63, 3.8) is 0 Å². The van der Waals surface area contributed by atoms with Crippen LogP contribution in [-0.4, -0.2) is 29.1 Å². The third-order valence-electron chi connectivity index (χ3n) is 4.12. The predicted octanol–water partition coefficient (Wildman–Crippen LogP) is 3.42. The predicted molar refractivity (Wildman–Crippen MR) is 82.5 cm³/mol. The molecular weight excluding hydrogens is 272 g/mol. The molecule has 0 saturated carbocycles. The number of aryl methyl sites for hydroxylation is 1. The quantitative estimate of drug-likeness (QED) is 0.925. The van der Waals surface area contributed by atoms with Gasteiger partial charge in [0.15, 0.2) is 5.13 Å². The number of thiazole rings is 1. The highest BCUT2D eigenvalue weighted by atomic mass is 32.1. The second kappa shape index (κ2) is 6.12. The molecule has 2 heterocycles. The molecule has 2 rings (SSSR count). The zero-order valence-electron chi connectivity index (χ0n) is 12.6. The van der Waals surface area contributed by atoms with E-state index in [4.69, 9.17) is 5.11 Å². The number of hydrogen-bond acceptors (Lipinski definition) is 4. The fourth-order valence-corrected chi connectivity index (χ4v) is 3.64. The third-order valence-corrected chi connectivity index (χ3v) is 5.08. The molecule has 1 N–H and O–H groups in total. The molecule has 0 radical (unpaired) electrons. The summed E-state index contributed by atoms with van der Waals surface area (Å²) in [6.07, 6.45) is 3.13. The second-order valence-corrected chi connectivity index (χ2v) is 7.48. The largest absolute Gasteiger partial charge is 0.481 e. The van der Waals surface area contributed by atoms with Crippen LogP contribution >= 0.6 is 11.3 Å². The molecule has 1 aromatic heterocycles. The Bertz CT molecular complexity index is 457. The molecule has 1 aliphatic rings. The lowest BCUT2D eigenvalue weighted by molar-refractivity contribution is -0.136. The van der Waals surface area contributed by atoms with E-state index in [1.165, 1.54) is 12.8 Å². The van der Waals surface area contributed by atoms with Gasteiger partial charge >= 0.3 is 5.97 Å². The summed E-state index contributed by atoms with van der Waals surface area (Å²) in [7, 11) is 0. The summed E-state index contributed by atoms with van der Waals surface area (Å²) in [6, 6.07) is 0. The first-order valence-electron chi connectivity index (χ1n) is 7.27. The topological polar surface area (TPSA) is 53.4 Å². The number of aromatic nitrogens is 1. The molecule has 0 aromatic carbocycles. The number of rotatable bonds is 4. The van der Waals surface area contributed by atoms with Crippen molar-refractivity contribution in [1.29, 1.82) is 0 Å². The molecule has 1 saturated heterocycles. The van der Waals surface area contributed by atoms with Crippen molar-refractivity contribution in [2.75, 3.05) is 18.0 Å². The van der Waals surface area contributed by atoms with Crippen molar-refractivity contribution in [1.82, 2.24) is 4.98 Å². The van der Waals surface area contributed by atoms with E-state index in [-0.39, 0.29) is 6.42 Å². The van der Waals surface area contributed by atoms with Gasteiger partial charge in [0.25, 0.3) is 0 Å². The Labute approximate surface area is 124 Å². The molecular formula is C15H24N2O2S.